The number of nitrogens with one attached hydrogen (secondary N) is 2. The number of benzene rings is 2. The van der Waals surface area contributed by atoms with Gasteiger partial charge in [-0.25, -0.2) is 0 Å². The third kappa shape index (κ3) is 27.8. The van der Waals surface area contributed by atoms with E-state index in [1.54, 1.807) is 0 Å². The van der Waals surface area contributed by atoms with Gasteiger partial charge in [0.15, 0.2) is 0 Å². The minimum atomic E-state index is 0.189. The van der Waals surface area contributed by atoms with E-state index in [0.29, 0.717) is 36.2 Å². The Morgan fingerprint density at radius 2 is 0.683 bits per heavy atom. The Bertz CT molecular complexity index is 1210. The summed E-state index contributed by atoms with van der Waals surface area (Å²) in [6.07, 6.45) is 39.7. The average Bonchev–Trinajstić information content (AvgIpc) is 3.25. The van der Waals surface area contributed by atoms with Gasteiger partial charge in [0.25, 0.3) is 0 Å². The van der Waals surface area contributed by atoms with E-state index in [4.69, 9.17) is 0 Å². The van der Waals surface area contributed by atoms with E-state index in [1.807, 2.05) is 24.3 Å². The van der Waals surface area contributed by atoms with Crippen LogP contribution in [0.1, 0.15) is 255 Å². The number of carbonyl (C=O) groups excluding carboxylic acids is 2. The predicted molar refractivity (Wildman–Crippen MR) is 256 cm³/mol. The largest absolute Gasteiger partial charge is 0.508 e. The number of amides is 2. The van der Waals surface area contributed by atoms with Crippen LogP contribution in [0.4, 0.5) is 0 Å². The first-order valence-electron chi connectivity index (χ1n) is 25.5. The molecule has 2 unspecified atom stereocenters. The number of aromatic hydroxyl groups is 2. The topological polar surface area (TPSA) is 98.7 Å². The van der Waals surface area contributed by atoms with Crippen LogP contribution in [0.3, 0.4) is 0 Å². The number of hydrogen-bond donors (Lipinski definition) is 4. The number of hydrogen-bond acceptors (Lipinski definition) is 4. The van der Waals surface area contributed by atoms with E-state index >= 15 is 0 Å². The second kappa shape index (κ2) is 37.7. The van der Waals surface area contributed by atoms with E-state index < -0.39 is 0 Å². The maximum Gasteiger partial charge on any atom is 0.219 e. The molecule has 6 heteroatoms. The molecule has 0 radical (unpaired) electrons. The van der Waals surface area contributed by atoms with Crippen molar-refractivity contribution in [2.75, 3.05) is 13.1 Å². The van der Waals surface area contributed by atoms with Crippen LogP contribution in [0.5, 0.6) is 11.5 Å². The number of para-hydroxylation sites is 2. The fourth-order valence-corrected chi connectivity index (χ4v) is 8.92. The highest BCUT2D eigenvalue weighted by atomic mass is 16.3. The van der Waals surface area contributed by atoms with Crippen molar-refractivity contribution in [1.29, 1.82) is 0 Å². The number of phenols is 2. The van der Waals surface area contributed by atoms with Gasteiger partial charge in [-0.15, -0.1) is 0 Å². The monoisotopic (exact) mass is 833 g/mol. The minimum Gasteiger partial charge on any atom is -0.508 e. The molecule has 0 aliphatic heterocycles. The summed E-state index contributed by atoms with van der Waals surface area (Å²) in [4.78, 5) is 24.5. The third-order valence-electron chi connectivity index (χ3n) is 12.7. The molecular weight excluding hydrogens is 741 g/mol. The number of rotatable bonds is 41. The van der Waals surface area contributed by atoms with Gasteiger partial charge in [0.1, 0.15) is 11.5 Å². The van der Waals surface area contributed by atoms with Crippen LogP contribution in [-0.4, -0.2) is 35.1 Å². The summed E-state index contributed by atoms with van der Waals surface area (Å²) in [6, 6.07) is 15.9. The summed E-state index contributed by atoms with van der Waals surface area (Å²) in [6.45, 7) is 6.03. The van der Waals surface area contributed by atoms with E-state index in [-0.39, 0.29) is 11.8 Å². The zero-order valence-corrected chi connectivity index (χ0v) is 38.9. The molecule has 0 saturated carbocycles. The van der Waals surface area contributed by atoms with E-state index in [9.17, 15) is 19.8 Å². The van der Waals surface area contributed by atoms with Crippen LogP contribution in [-0.2, 0) is 9.59 Å². The lowest BCUT2D eigenvalue weighted by Gasteiger charge is -2.18. The lowest BCUT2D eigenvalue weighted by Crippen LogP contribution is -2.24. The molecule has 0 fully saturated rings. The molecular formula is C54H92N2O4. The zero-order valence-electron chi connectivity index (χ0n) is 38.9. The van der Waals surface area contributed by atoms with Gasteiger partial charge in [-0.2, -0.15) is 0 Å². The van der Waals surface area contributed by atoms with Gasteiger partial charge < -0.3 is 20.8 Å². The van der Waals surface area contributed by atoms with E-state index in [1.165, 1.54) is 154 Å². The van der Waals surface area contributed by atoms with Gasteiger partial charge in [0.05, 0.1) is 0 Å². The molecule has 342 valence electrons. The van der Waals surface area contributed by atoms with E-state index in [0.717, 1.165) is 75.6 Å². The molecule has 0 aliphatic carbocycles. The Morgan fingerprint density at radius 3 is 1.02 bits per heavy atom. The first-order valence-corrected chi connectivity index (χ1v) is 25.5. The maximum atomic E-state index is 12.3. The molecule has 0 saturated heterocycles. The molecule has 0 aliphatic rings. The normalized spacial score (nSPS) is 12.4. The Labute approximate surface area is 369 Å². The maximum absolute atomic E-state index is 12.3. The Morgan fingerprint density at radius 1 is 0.400 bits per heavy atom. The fraction of sp³-hybridized carbons (Fsp3) is 0.741. The number of carbonyl (C=O) groups is 2. The highest BCUT2D eigenvalue weighted by Gasteiger charge is 2.16. The van der Waals surface area contributed by atoms with Crippen LogP contribution in [0.25, 0.3) is 0 Å². The molecule has 2 atom stereocenters. The number of unbranched alkanes of at least 4 members (excludes halogenated alkanes) is 23. The van der Waals surface area contributed by atoms with Crippen molar-refractivity contribution in [3.05, 3.63) is 59.7 Å². The summed E-state index contributed by atoms with van der Waals surface area (Å²) >= 11 is 0. The molecule has 2 aromatic rings. The van der Waals surface area contributed by atoms with Crippen molar-refractivity contribution in [3.63, 3.8) is 0 Å². The van der Waals surface area contributed by atoms with E-state index in [2.05, 4.69) is 48.7 Å². The highest BCUT2D eigenvalue weighted by molar-refractivity contribution is 5.76. The molecule has 0 bridgehead atoms. The smallest absolute Gasteiger partial charge is 0.219 e. The van der Waals surface area contributed by atoms with Crippen molar-refractivity contribution in [2.45, 2.75) is 244 Å². The molecule has 0 heterocycles. The SMILES string of the molecule is CCCCCCC(CCCCCCCCCCC(=O)NCCCCCCNC(=O)CCCCCCCCCCC(CCCCCC)c1ccccc1O)c1ccccc1O. The summed E-state index contributed by atoms with van der Waals surface area (Å²) < 4.78 is 0. The summed E-state index contributed by atoms with van der Waals surface area (Å²) in [5, 5.41) is 27.0. The van der Waals surface area contributed by atoms with Crippen molar-refractivity contribution in [1.82, 2.24) is 10.6 Å². The quantitative estimate of drug-likeness (QED) is 0.0502. The van der Waals surface area contributed by atoms with Crippen molar-refractivity contribution in [3.8, 4) is 11.5 Å². The average molecular weight is 833 g/mol. The Kier molecular flexibility index (Phi) is 33.4. The molecule has 0 aromatic heterocycles. The predicted octanol–water partition coefficient (Wildman–Crippen LogP) is 15.5. The molecule has 6 nitrogen and oxygen atoms in total. The van der Waals surface area contributed by atoms with Crippen LogP contribution in [0.15, 0.2) is 48.5 Å². The second-order valence-electron chi connectivity index (χ2n) is 18.1. The van der Waals surface area contributed by atoms with Gasteiger partial charge in [0, 0.05) is 25.9 Å². The Balaban J connectivity index is 1.33. The minimum absolute atomic E-state index is 0.189. The van der Waals surface area contributed by atoms with Crippen molar-refractivity contribution < 1.29 is 19.8 Å². The van der Waals surface area contributed by atoms with Crippen molar-refractivity contribution >= 4 is 11.8 Å². The van der Waals surface area contributed by atoms with Gasteiger partial charge in [-0.05, 0) is 86.5 Å². The molecule has 2 rings (SSSR count). The lowest BCUT2D eigenvalue weighted by atomic mass is 9.87. The van der Waals surface area contributed by atoms with Gasteiger partial charge in [-0.1, -0.05) is 204 Å². The highest BCUT2D eigenvalue weighted by Crippen LogP contribution is 2.35. The lowest BCUT2D eigenvalue weighted by molar-refractivity contribution is -0.122. The summed E-state index contributed by atoms with van der Waals surface area (Å²) in [5.41, 5.74) is 2.28. The first kappa shape index (κ1) is 53.1. The van der Waals surface area contributed by atoms with Gasteiger partial charge in [-0.3, -0.25) is 9.59 Å². The summed E-state index contributed by atoms with van der Waals surface area (Å²) in [5.74, 6) is 2.26. The van der Waals surface area contributed by atoms with Crippen LogP contribution >= 0.6 is 0 Å². The standard InChI is InChI=1S/C54H92N2O4/c1-3-5-7-23-35-47(49-39-29-31-41-51(49)57)37-25-17-13-9-11-15-19-27-43-53(59)55-45-33-21-22-34-46-56-54(60)44-28-20-16-12-10-14-18-26-38-48(36-24-8-6-4-2)50-40-30-32-42-52(50)58/h29-32,39-42,47-48,57-58H,3-28,33-38,43-46H2,1-2H3,(H,55,59)(H,56,60). The van der Waals surface area contributed by atoms with Crippen LogP contribution in [0.2, 0.25) is 0 Å². The molecule has 60 heavy (non-hydrogen) atoms. The molecule has 2 amide bonds. The fourth-order valence-electron chi connectivity index (χ4n) is 8.92. The molecule has 4 N–H and O–H groups in total. The van der Waals surface area contributed by atoms with Crippen LogP contribution < -0.4 is 10.6 Å². The second-order valence-corrected chi connectivity index (χ2v) is 18.1. The zero-order chi connectivity index (χ0) is 43.1. The molecule has 2 aromatic carbocycles. The third-order valence-corrected chi connectivity index (χ3v) is 12.7. The molecule has 0 spiro atoms. The van der Waals surface area contributed by atoms with Crippen molar-refractivity contribution in [2.24, 2.45) is 0 Å². The first-order chi connectivity index (χ1) is 29.5. The van der Waals surface area contributed by atoms with Gasteiger partial charge in [0.2, 0.25) is 11.8 Å². The summed E-state index contributed by atoms with van der Waals surface area (Å²) in [7, 11) is 0. The Hall–Kier alpha value is -3.02. The number of phenolic OH excluding ortho intramolecular Hbond substituents is 2. The van der Waals surface area contributed by atoms with Crippen LogP contribution in [0, 0.1) is 0 Å². The van der Waals surface area contributed by atoms with Gasteiger partial charge >= 0.3 is 0 Å².